The van der Waals surface area contributed by atoms with Crippen molar-refractivity contribution in [3.05, 3.63) is 39.0 Å². The number of anilines is 1. The minimum absolute atomic E-state index is 0.00668. The lowest BCUT2D eigenvalue weighted by atomic mass is 10.2. The molecular weight excluding hydrogens is 444 g/mol. The Morgan fingerprint density at radius 3 is 2.48 bits per heavy atom. The zero-order valence-electron chi connectivity index (χ0n) is 13.6. The van der Waals surface area contributed by atoms with Crippen molar-refractivity contribution in [2.75, 3.05) is 23.9 Å². The van der Waals surface area contributed by atoms with Crippen LogP contribution in [0.3, 0.4) is 0 Å². The van der Waals surface area contributed by atoms with E-state index in [1.807, 2.05) is 6.07 Å². The Kier molecular flexibility index (Phi) is 5.80. The van der Waals surface area contributed by atoms with Gasteiger partial charge in [-0.1, -0.05) is 35.0 Å². The van der Waals surface area contributed by atoms with Gasteiger partial charge in [-0.3, -0.25) is 0 Å². The summed E-state index contributed by atoms with van der Waals surface area (Å²) in [6.07, 6.45) is -4.61. The van der Waals surface area contributed by atoms with Crippen molar-refractivity contribution in [1.82, 2.24) is 9.78 Å². The SMILES string of the molecule is CNc1c(C2SCC[S+]2[O-])c(C#N)nn1-c1c(Cl)cc(C(F)(F)F)cc1Cl. The highest BCUT2D eigenvalue weighted by Crippen LogP contribution is 2.46. The molecule has 0 radical (unpaired) electrons. The zero-order valence-corrected chi connectivity index (χ0v) is 16.7. The van der Waals surface area contributed by atoms with Gasteiger partial charge in [-0.2, -0.15) is 23.5 Å². The molecule has 2 aromatic rings. The highest BCUT2D eigenvalue weighted by molar-refractivity contribution is 8.15. The molecule has 0 bridgehead atoms. The van der Waals surface area contributed by atoms with Crippen LogP contribution in [0.5, 0.6) is 0 Å². The topological polar surface area (TPSA) is 76.7 Å². The fourth-order valence-electron chi connectivity index (χ4n) is 2.70. The number of nitrogens with one attached hydrogen (secondary N) is 1. The van der Waals surface area contributed by atoms with E-state index in [0.717, 1.165) is 12.1 Å². The molecule has 2 unspecified atom stereocenters. The molecule has 1 saturated heterocycles. The number of aromatic nitrogens is 2. The largest absolute Gasteiger partial charge is 0.615 e. The van der Waals surface area contributed by atoms with Crippen LogP contribution in [0, 0.1) is 11.3 Å². The highest BCUT2D eigenvalue weighted by Gasteiger charge is 2.39. The quantitative estimate of drug-likeness (QED) is 0.685. The van der Waals surface area contributed by atoms with Crippen LogP contribution in [-0.2, 0) is 17.4 Å². The van der Waals surface area contributed by atoms with Crippen LogP contribution in [0.4, 0.5) is 19.0 Å². The Bertz CT molecular complexity index is 906. The number of nitrogens with zero attached hydrogens (tertiary/aromatic N) is 3. The van der Waals surface area contributed by atoms with Crippen molar-refractivity contribution in [2.45, 2.75) is 10.8 Å². The molecule has 3 rings (SSSR count). The van der Waals surface area contributed by atoms with Gasteiger partial charge >= 0.3 is 6.18 Å². The maximum Gasteiger partial charge on any atom is 0.416 e. The van der Waals surface area contributed by atoms with Crippen LogP contribution < -0.4 is 5.32 Å². The van der Waals surface area contributed by atoms with Crippen LogP contribution in [0.15, 0.2) is 12.1 Å². The second-order valence-electron chi connectivity index (χ2n) is 5.46. The van der Waals surface area contributed by atoms with Crippen LogP contribution in [0.1, 0.15) is 21.4 Å². The first kappa shape index (κ1) is 20.5. The fraction of sp³-hybridized carbons (Fsp3) is 0.333. The number of hydrogen-bond donors (Lipinski definition) is 1. The molecule has 1 fully saturated rings. The van der Waals surface area contributed by atoms with E-state index in [0.29, 0.717) is 22.9 Å². The van der Waals surface area contributed by atoms with Gasteiger partial charge in [0, 0.05) is 12.8 Å². The number of rotatable bonds is 3. The van der Waals surface area contributed by atoms with Crippen molar-refractivity contribution in [3.8, 4) is 11.8 Å². The van der Waals surface area contributed by atoms with E-state index in [1.54, 1.807) is 7.05 Å². The Balaban J connectivity index is 2.22. The summed E-state index contributed by atoms with van der Waals surface area (Å²) in [7, 11) is 1.56. The summed E-state index contributed by atoms with van der Waals surface area (Å²) in [5, 5.41) is 15.9. The number of benzene rings is 1. The molecule has 12 heteroatoms. The summed E-state index contributed by atoms with van der Waals surface area (Å²) in [4.78, 5) is 0. The van der Waals surface area contributed by atoms with Crippen molar-refractivity contribution in [1.29, 1.82) is 5.26 Å². The van der Waals surface area contributed by atoms with Crippen LogP contribution >= 0.6 is 35.0 Å². The molecule has 0 amide bonds. The molecule has 0 saturated carbocycles. The normalized spacial score (nSPS) is 19.9. The molecule has 2 atom stereocenters. The molecule has 0 spiro atoms. The molecule has 5 nitrogen and oxygen atoms in total. The van der Waals surface area contributed by atoms with E-state index in [-0.39, 0.29) is 21.4 Å². The summed E-state index contributed by atoms with van der Waals surface area (Å²) < 4.78 is 51.9. The smallest absolute Gasteiger partial charge is 0.416 e. The third-order valence-electron chi connectivity index (χ3n) is 3.85. The highest BCUT2D eigenvalue weighted by atomic mass is 35.5. The van der Waals surface area contributed by atoms with E-state index in [4.69, 9.17) is 23.2 Å². The lowest BCUT2D eigenvalue weighted by Crippen LogP contribution is -2.11. The third-order valence-corrected chi connectivity index (χ3v) is 8.03. The Morgan fingerprint density at radius 1 is 1.41 bits per heavy atom. The number of alkyl halides is 3. The molecule has 144 valence electrons. The van der Waals surface area contributed by atoms with Gasteiger partial charge in [0.2, 0.25) is 0 Å². The predicted molar refractivity (Wildman–Crippen MR) is 101 cm³/mol. The zero-order chi connectivity index (χ0) is 19.9. The standard InChI is InChI=1S/C15H11Cl2F3N4OS2/c1-22-13-11(14-26-2-3-27(14)25)10(6-21)23-24(13)12-8(16)4-7(5-9(12)17)15(18,19)20/h4-5,14,22H,2-3H2,1H3. The summed E-state index contributed by atoms with van der Waals surface area (Å²) in [5.74, 6) is 1.46. The second kappa shape index (κ2) is 7.64. The first-order valence-corrected chi connectivity index (χ1v) is 10.6. The number of halogens is 5. The summed E-state index contributed by atoms with van der Waals surface area (Å²) >= 11 is 12.4. The van der Waals surface area contributed by atoms with Gasteiger partial charge in [0.15, 0.2) is 10.3 Å². The average Bonchev–Trinajstić information content (AvgIpc) is 3.15. The Morgan fingerprint density at radius 2 is 2.04 bits per heavy atom. The monoisotopic (exact) mass is 454 g/mol. The molecule has 1 aromatic heterocycles. The maximum absolute atomic E-state index is 13.0. The molecule has 2 heterocycles. The van der Waals surface area contributed by atoms with Gasteiger partial charge in [0.1, 0.15) is 23.3 Å². The van der Waals surface area contributed by atoms with E-state index in [1.165, 1.54) is 16.4 Å². The first-order chi connectivity index (χ1) is 12.7. The molecular formula is C15H11Cl2F3N4OS2. The molecule has 1 aromatic carbocycles. The predicted octanol–water partition coefficient (Wildman–Crippen LogP) is 4.61. The van der Waals surface area contributed by atoms with Crippen LogP contribution in [0.2, 0.25) is 10.0 Å². The molecule has 27 heavy (non-hydrogen) atoms. The lowest BCUT2D eigenvalue weighted by Gasteiger charge is -2.16. The minimum atomic E-state index is -4.61. The molecule has 1 aliphatic heterocycles. The minimum Gasteiger partial charge on any atom is -0.615 e. The van der Waals surface area contributed by atoms with Gasteiger partial charge in [-0.25, -0.2) is 4.68 Å². The summed E-state index contributed by atoms with van der Waals surface area (Å²) in [6.45, 7) is 0. The van der Waals surface area contributed by atoms with Gasteiger partial charge in [-0.15, -0.1) is 0 Å². The Labute approximate surface area is 170 Å². The lowest BCUT2D eigenvalue weighted by molar-refractivity contribution is -0.137. The first-order valence-electron chi connectivity index (χ1n) is 7.45. The van der Waals surface area contributed by atoms with Crippen LogP contribution in [0.25, 0.3) is 5.69 Å². The average molecular weight is 455 g/mol. The fourth-order valence-corrected chi connectivity index (χ4v) is 6.88. The second-order valence-corrected chi connectivity index (χ2v) is 9.43. The van der Waals surface area contributed by atoms with Gasteiger partial charge < -0.3 is 9.87 Å². The van der Waals surface area contributed by atoms with Crippen molar-refractivity contribution in [2.24, 2.45) is 0 Å². The number of hydrogen-bond acceptors (Lipinski definition) is 5. The third kappa shape index (κ3) is 3.71. The molecule has 1 N–H and O–H groups in total. The summed E-state index contributed by atoms with van der Waals surface area (Å²) in [5.41, 5.74) is -0.549. The van der Waals surface area contributed by atoms with E-state index in [2.05, 4.69) is 10.4 Å². The van der Waals surface area contributed by atoms with E-state index < -0.39 is 27.5 Å². The van der Waals surface area contributed by atoms with E-state index in [9.17, 15) is 23.0 Å². The molecule has 1 aliphatic rings. The van der Waals surface area contributed by atoms with Crippen molar-refractivity contribution >= 4 is 52.0 Å². The maximum atomic E-state index is 13.0. The van der Waals surface area contributed by atoms with Gasteiger partial charge in [-0.05, 0) is 23.3 Å². The van der Waals surface area contributed by atoms with E-state index >= 15 is 0 Å². The van der Waals surface area contributed by atoms with Gasteiger partial charge in [0.25, 0.3) is 0 Å². The Hall–Kier alpha value is -1.25. The molecule has 0 aliphatic carbocycles. The number of thioether (sulfide) groups is 1. The summed E-state index contributed by atoms with van der Waals surface area (Å²) in [6, 6.07) is 3.44. The van der Waals surface area contributed by atoms with Crippen molar-refractivity contribution in [3.63, 3.8) is 0 Å². The number of nitriles is 1. The van der Waals surface area contributed by atoms with Crippen LogP contribution in [-0.4, -0.2) is 32.9 Å². The van der Waals surface area contributed by atoms with Gasteiger partial charge in [0.05, 0.1) is 21.2 Å². The van der Waals surface area contributed by atoms with Crippen molar-refractivity contribution < 1.29 is 17.7 Å².